The smallest absolute Gasteiger partial charge is 0.340 e. The number of nitrogens with zero attached hydrogens (tertiary/aromatic N) is 1. The van der Waals surface area contributed by atoms with E-state index in [0.29, 0.717) is 0 Å². The average molecular weight is 391 g/mol. The molecule has 0 fully saturated rings. The lowest BCUT2D eigenvalue weighted by atomic mass is 10.0. The van der Waals surface area contributed by atoms with Gasteiger partial charge in [-0.1, -0.05) is 55.3 Å². The second-order valence-corrected chi connectivity index (χ2v) is 6.22. The zero-order valence-electron chi connectivity index (χ0n) is 14.7. The van der Waals surface area contributed by atoms with Gasteiger partial charge in [-0.15, -0.1) is 0 Å². The van der Waals surface area contributed by atoms with Crippen molar-refractivity contribution < 1.29 is 19.2 Å². The molecule has 0 saturated heterocycles. The van der Waals surface area contributed by atoms with Gasteiger partial charge in [0.1, 0.15) is 0 Å². The fraction of sp³-hybridized carbons (Fsp3) is 0.263. The van der Waals surface area contributed by atoms with E-state index in [0.717, 1.165) is 30.5 Å². The van der Waals surface area contributed by atoms with E-state index in [1.807, 2.05) is 37.3 Å². The summed E-state index contributed by atoms with van der Waals surface area (Å²) in [5.41, 5.74) is 0.695. The van der Waals surface area contributed by atoms with Gasteiger partial charge in [0.25, 0.3) is 11.6 Å². The van der Waals surface area contributed by atoms with Crippen LogP contribution in [-0.2, 0) is 9.53 Å². The summed E-state index contributed by atoms with van der Waals surface area (Å²) in [4.78, 5) is 34.3. The Morgan fingerprint density at radius 2 is 1.93 bits per heavy atom. The number of carbonyl (C=O) groups is 2. The number of carbonyl (C=O) groups excluding carboxylic acids is 2. The highest BCUT2D eigenvalue weighted by atomic mass is 35.5. The quantitative estimate of drug-likeness (QED) is 0.416. The molecule has 0 aliphatic rings. The summed E-state index contributed by atoms with van der Waals surface area (Å²) in [6, 6.07) is 12.7. The van der Waals surface area contributed by atoms with Crippen LogP contribution in [0.3, 0.4) is 0 Å². The highest BCUT2D eigenvalue weighted by Gasteiger charge is 2.19. The number of esters is 1. The highest BCUT2D eigenvalue weighted by molar-refractivity contribution is 6.33. The van der Waals surface area contributed by atoms with Gasteiger partial charge in [-0.05, 0) is 18.1 Å². The lowest BCUT2D eigenvalue weighted by Gasteiger charge is -2.18. The van der Waals surface area contributed by atoms with E-state index < -0.39 is 23.4 Å². The Balaban J connectivity index is 1.96. The number of ether oxygens (including phenoxy) is 1. The number of non-ortho nitro benzene ring substituents is 1. The Bertz CT molecular complexity index is 826. The van der Waals surface area contributed by atoms with Crippen LogP contribution in [0.1, 0.15) is 41.7 Å². The molecule has 0 spiro atoms. The maximum absolute atomic E-state index is 12.2. The van der Waals surface area contributed by atoms with Crippen LogP contribution >= 0.6 is 11.6 Å². The van der Waals surface area contributed by atoms with Crippen LogP contribution in [0.2, 0.25) is 5.02 Å². The highest BCUT2D eigenvalue weighted by Crippen LogP contribution is 2.23. The van der Waals surface area contributed by atoms with Gasteiger partial charge < -0.3 is 10.1 Å². The first-order valence-electron chi connectivity index (χ1n) is 8.37. The maximum atomic E-state index is 12.2. The van der Waals surface area contributed by atoms with Crippen molar-refractivity contribution in [3.63, 3.8) is 0 Å². The Hall–Kier alpha value is -2.93. The van der Waals surface area contributed by atoms with Crippen LogP contribution in [0, 0.1) is 10.1 Å². The molecule has 0 aliphatic heterocycles. The second-order valence-electron chi connectivity index (χ2n) is 5.82. The standard InChI is InChI=1S/C19H19ClN2O5/c1-2-6-17(13-7-4-3-5-8-13)21-18(23)12-27-19(24)15-10-9-14(22(25)26)11-16(15)20/h3-5,7-11,17H,2,6,12H2,1H3,(H,21,23)/t17-/m0/s1. The van der Waals surface area contributed by atoms with Gasteiger partial charge in [-0.2, -0.15) is 0 Å². The molecule has 0 radical (unpaired) electrons. The Kier molecular flexibility index (Phi) is 7.31. The molecule has 1 N–H and O–H groups in total. The molecule has 0 saturated carbocycles. The molecule has 2 aromatic carbocycles. The van der Waals surface area contributed by atoms with Crippen LogP contribution in [0.4, 0.5) is 5.69 Å². The molecular weight excluding hydrogens is 372 g/mol. The van der Waals surface area contributed by atoms with E-state index in [2.05, 4.69) is 5.32 Å². The van der Waals surface area contributed by atoms with Crippen molar-refractivity contribution in [3.05, 3.63) is 74.8 Å². The van der Waals surface area contributed by atoms with Crippen molar-refractivity contribution in [2.24, 2.45) is 0 Å². The number of nitrogens with one attached hydrogen (secondary N) is 1. The molecule has 0 heterocycles. The minimum absolute atomic E-state index is 0.0387. The van der Waals surface area contributed by atoms with Crippen LogP contribution in [0.15, 0.2) is 48.5 Å². The summed E-state index contributed by atoms with van der Waals surface area (Å²) < 4.78 is 4.98. The minimum atomic E-state index is -0.822. The van der Waals surface area contributed by atoms with E-state index in [4.69, 9.17) is 16.3 Å². The fourth-order valence-electron chi connectivity index (χ4n) is 2.52. The molecule has 2 aromatic rings. The third kappa shape index (κ3) is 5.79. The van der Waals surface area contributed by atoms with Gasteiger partial charge in [0.15, 0.2) is 6.61 Å². The average Bonchev–Trinajstić information content (AvgIpc) is 2.66. The zero-order chi connectivity index (χ0) is 19.8. The number of hydrogen-bond donors (Lipinski definition) is 1. The van der Waals surface area contributed by atoms with Crippen LogP contribution in [0.25, 0.3) is 0 Å². The number of benzene rings is 2. The van der Waals surface area contributed by atoms with Gasteiger partial charge in [-0.25, -0.2) is 4.79 Å². The van der Waals surface area contributed by atoms with Crippen LogP contribution in [-0.4, -0.2) is 23.4 Å². The van der Waals surface area contributed by atoms with Crippen molar-refractivity contribution in [1.29, 1.82) is 0 Å². The normalized spacial score (nSPS) is 11.5. The van der Waals surface area contributed by atoms with Gasteiger partial charge in [0, 0.05) is 12.1 Å². The predicted octanol–water partition coefficient (Wildman–Crippen LogP) is 4.06. The van der Waals surface area contributed by atoms with E-state index in [-0.39, 0.29) is 22.3 Å². The molecule has 1 amide bonds. The molecule has 8 heteroatoms. The van der Waals surface area contributed by atoms with Gasteiger partial charge >= 0.3 is 5.97 Å². The fourth-order valence-corrected chi connectivity index (χ4v) is 2.78. The van der Waals surface area contributed by atoms with Crippen molar-refractivity contribution in [2.75, 3.05) is 6.61 Å². The first kappa shape index (κ1) is 20.4. The first-order valence-corrected chi connectivity index (χ1v) is 8.75. The SMILES string of the molecule is CCC[C@H](NC(=O)COC(=O)c1ccc([N+](=O)[O-])cc1Cl)c1ccccc1. The van der Waals surface area contributed by atoms with Crippen LogP contribution < -0.4 is 5.32 Å². The molecular formula is C19H19ClN2O5. The summed E-state index contributed by atoms with van der Waals surface area (Å²) in [5.74, 6) is -1.26. The van der Waals surface area contributed by atoms with E-state index >= 15 is 0 Å². The first-order chi connectivity index (χ1) is 12.9. The molecule has 0 unspecified atom stereocenters. The third-order valence-electron chi connectivity index (χ3n) is 3.83. The lowest BCUT2D eigenvalue weighted by molar-refractivity contribution is -0.384. The lowest BCUT2D eigenvalue weighted by Crippen LogP contribution is -2.32. The Morgan fingerprint density at radius 3 is 2.52 bits per heavy atom. The monoisotopic (exact) mass is 390 g/mol. The van der Waals surface area contributed by atoms with Crippen molar-refractivity contribution in [3.8, 4) is 0 Å². The third-order valence-corrected chi connectivity index (χ3v) is 4.14. The van der Waals surface area contributed by atoms with Crippen molar-refractivity contribution >= 4 is 29.2 Å². The second kappa shape index (κ2) is 9.68. The summed E-state index contributed by atoms with van der Waals surface area (Å²) in [7, 11) is 0. The molecule has 0 aliphatic carbocycles. The van der Waals surface area contributed by atoms with E-state index in [1.54, 1.807) is 0 Å². The van der Waals surface area contributed by atoms with E-state index in [1.165, 1.54) is 6.07 Å². The number of rotatable bonds is 8. The summed E-state index contributed by atoms with van der Waals surface area (Å²) in [5, 5.41) is 13.4. The number of nitro groups is 1. The van der Waals surface area contributed by atoms with Gasteiger partial charge in [-0.3, -0.25) is 14.9 Å². The molecule has 2 rings (SSSR count). The molecule has 0 aromatic heterocycles. The molecule has 27 heavy (non-hydrogen) atoms. The van der Waals surface area contributed by atoms with Crippen LogP contribution in [0.5, 0.6) is 0 Å². The van der Waals surface area contributed by atoms with Crippen molar-refractivity contribution in [1.82, 2.24) is 5.32 Å². The number of halogens is 1. The molecule has 1 atom stereocenters. The number of nitro benzene ring substituents is 1. The van der Waals surface area contributed by atoms with Gasteiger partial charge in [0.05, 0.1) is 21.6 Å². The van der Waals surface area contributed by atoms with E-state index in [9.17, 15) is 19.7 Å². The molecule has 142 valence electrons. The molecule has 0 bridgehead atoms. The van der Waals surface area contributed by atoms with Crippen molar-refractivity contribution in [2.45, 2.75) is 25.8 Å². The van der Waals surface area contributed by atoms with Gasteiger partial charge in [0.2, 0.25) is 0 Å². The minimum Gasteiger partial charge on any atom is -0.452 e. The summed E-state index contributed by atoms with van der Waals surface area (Å²) in [6.07, 6.45) is 1.62. The predicted molar refractivity (Wildman–Crippen MR) is 101 cm³/mol. The largest absolute Gasteiger partial charge is 0.452 e. The Labute approximate surface area is 161 Å². The summed E-state index contributed by atoms with van der Waals surface area (Å²) >= 11 is 5.88. The topological polar surface area (TPSA) is 98.5 Å². The molecule has 7 nitrogen and oxygen atoms in total. The maximum Gasteiger partial charge on any atom is 0.340 e. The number of hydrogen-bond acceptors (Lipinski definition) is 5. The number of amides is 1. The zero-order valence-corrected chi connectivity index (χ0v) is 15.4. The summed E-state index contributed by atoms with van der Waals surface area (Å²) in [6.45, 7) is 1.54. The Morgan fingerprint density at radius 1 is 1.22 bits per heavy atom.